The third-order valence-corrected chi connectivity index (χ3v) is 5.61. The highest BCUT2D eigenvalue weighted by Gasteiger charge is 2.24. The number of piperazine rings is 1. The van der Waals surface area contributed by atoms with Gasteiger partial charge in [-0.15, -0.1) is 0 Å². The number of carbonyl (C=O) groups is 1. The predicted molar refractivity (Wildman–Crippen MR) is 119 cm³/mol. The van der Waals surface area contributed by atoms with Crippen LogP contribution in [0.3, 0.4) is 0 Å². The number of hydrogen-bond acceptors (Lipinski definition) is 5. The minimum absolute atomic E-state index is 0.233. The Hall–Kier alpha value is -3.15. The van der Waals surface area contributed by atoms with Crippen LogP contribution in [0.4, 0.5) is 10.6 Å². The molecule has 0 saturated carbocycles. The average molecular weight is 405 g/mol. The minimum atomic E-state index is -0.233. The fraction of sp³-hybridized carbons (Fsp3) is 0.375. The van der Waals surface area contributed by atoms with Crippen LogP contribution in [-0.4, -0.2) is 53.7 Å². The molecule has 3 aromatic rings. The molecular weight excluding hydrogens is 376 g/mol. The van der Waals surface area contributed by atoms with Crippen LogP contribution in [0.5, 0.6) is 0 Å². The molecule has 0 spiro atoms. The van der Waals surface area contributed by atoms with Gasteiger partial charge in [0.15, 0.2) is 0 Å². The number of benzene rings is 2. The summed E-state index contributed by atoms with van der Waals surface area (Å²) in [4.78, 5) is 25.8. The van der Waals surface area contributed by atoms with E-state index in [0.29, 0.717) is 19.7 Å². The number of ether oxygens (including phenoxy) is 1. The molecule has 0 radical (unpaired) electrons. The molecule has 2 aromatic carbocycles. The fourth-order valence-electron chi connectivity index (χ4n) is 3.91. The number of amides is 1. The number of fused-ring (bicyclic) bond motifs is 1. The molecule has 30 heavy (non-hydrogen) atoms. The number of rotatable bonds is 5. The van der Waals surface area contributed by atoms with E-state index in [1.165, 1.54) is 11.1 Å². The summed E-state index contributed by atoms with van der Waals surface area (Å²) in [5, 5.41) is 1.06. The van der Waals surface area contributed by atoms with Crippen molar-refractivity contribution in [3.8, 4) is 0 Å². The van der Waals surface area contributed by atoms with Crippen molar-refractivity contribution in [1.82, 2.24) is 14.9 Å². The highest BCUT2D eigenvalue weighted by molar-refractivity contribution is 5.89. The van der Waals surface area contributed by atoms with Crippen LogP contribution in [0.25, 0.3) is 10.9 Å². The summed E-state index contributed by atoms with van der Waals surface area (Å²) in [7, 11) is 0. The lowest BCUT2D eigenvalue weighted by Crippen LogP contribution is -2.49. The Morgan fingerprint density at radius 1 is 0.967 bits per heavy atom. The number of carbonyl (C=O) groups excluding carboxylic acids is 1. The normalized spacial score (nSPS) is 14.2. The van der Waals surface area contributed by atoms with Crippen molar-refractivity contribution in [2.24, 2.45) is 0 Å². The molecule has 0 N–H and O–H groups in total. The smallest absolute Gasteiger partial charge is 0.409 e. The molecule has 156 valence electrons. The van der Waals surface area contributed by atoms with Gasteiger partial charge in [-0.25, -0.2) is 14.8 Å². The summed E-state index contributed by atoms with van der Waals surface area (Å²) < 4.78 is 5.14. The summed E-state index contributed by atoms with van der Waals surface area (Å²) in [6, 6.07) is 16.6. The van der Waals surface area contributed by atoms with Crippen LogP contribution < -0.4 is 4.90 Å². The van der Waals surface area contributed by atoms with Crippen molar-refractivity contribution >= 4 is 22.8 Å². The quantitative estimate of drug-likeness (QED) is 0.643. The molecule has 0 atom stereocenters. The lowest BCUT2D eigenvalue weighted by Gasteiger charge is -2.35. The van der Waals surface area contributed by atoms with Gasteiger partial charge in [-0.2, -0.15) is 0 Å². The van der Waals surface area contributed by atoms with Crippen LogP contribution in [0.15, 0.2) is 48.5 Å². The van der Waals surface area contributed by atoms with Gasteiger partial charge >= 0.3 is 6.09 Å². The molecule has 4 rings (SSSR count). The summed E-state index contributed by atoms with van der Waals surface area (Å²) in [5.74, 6) is 1.82. The van der Waals surface area contributed by atoms with E-state index in [1.54, 1.807) is 4.90 Å². The van der Waals surface area contributed by atoms with E-state index in [0.717, 1.165) is 48.5 Å². The lowest BCUT2D eigenvalue weighted by molar-refractivity contribution is 0.105. The van der Waals surface area contributed by atoms with Crippen LogP contribution in [0.1, 0.15) is 23.9 Å². The Morgan fingerprint density at radius 3 is 2.47 bits per heavy atom. The summed E-state index contributed by atoms with van der Waals surface area (Å²) in [5.41, 5.74) is 3.60. The van der Waals surface area contributed by atoms with Gasteiger partial charge in [0.25, 0.3) is 0 Å². The third-order valence-electron chi connectivity index (χ3n) is 5.61. The molecule has 1 amide bonds. The molecule has 0 aliphatic carbocycles. The third kappa shape index (κ3) is 4.37. The molecular formula is C24H28N4O2. The first kappa shape index (κ1) is 20.1. The summed E-state index contributed by atoms with van der Waals surface area (Å²) in [6.45, 7) is 7.12. The number of aryl methyl sites for hydroxylation is 3. The lowest BCUT2D eigenvalue weighted by atomic mass is 10.0. The molecule has 1 fully saturated rings. The maximum Gasteiger partial charge on any atom is 0.409 e. The highest BCUT2D eigenvalue weighted by Crippen LogP contribution is 2.25. The first-order chi connectivity index (χ1) is 14.7. The Balaban J connectivity index is 1.55. The molecule has 0 unspecified atom stereocenters. The van der Waals surface area contributed by atoms with Gasteiger partial charge in [-0.1, -0.05) is 36.4 Å². The van der Waals surface area contributed by atoms with E-state index in [2.05, 4.69) is 42.2 Å². The molecule has 1 saturated heterocycles. The second kappa shape index (κ2) is 9.11. The van der Waals surface area contributed by atoms with E-state index in [1.807, 2.05) is 25.1 Å². The molecule has 0 bridgehead atoms. The Labute approximate surface area is 177 Å². The van der Waals surface area contributed by atoms with Crippen LogP contribution in [0.2, 0.25) is 0 Å². The zero-order chi connectivity index (χ0) is 20.9. The zero-order valence-corrected chi connectivity index (χ0v) is 17.7. The van der Waals surface area contributed by atoms with Crippen LogP contribution in [0, 0.1) is 6.92 Å². The standard InChI is InChI=1S/C24H28N4O2/c1-3-30-24(29)28-16-14-27(15-17-28)23-20-10-6-7-11-21(20)25-22(26-23)13-12-19-9-5-4-8-18(19)2/h4-11H,3,12-17H2,1-2H3. The SMILES string of the molecule is CCOC(=O)N1CCN(c2nc(CCc3ccccc3C)nc3ccccc23)CC1. The van der Waals surface area contributed by atoms with Gasteiger partial charge in [-0.05, 0) is 43.5 Å². The highest BCUT2D eigenvalue weighted by atomic mass is 16.6. The van der Waals surface area contributed by atoms with Crippen molar-refractivity contribution in [1.29, 1.82) is 0 Å². The predicted octanol–water partition coefficient (Wildman–Crippen LogP) is 4.00. The van der Waals surface area contributed by atoms with Gasteiger partial charge in [0.05, 0.1) is 12.1 Å². The fourth-order valence-corrected chi connectivity index (χ4v) is 3.91. The number of para-hydroxylation sites is 1. The Bertz CT molecular complexity index is 1030. The largest absolute Gasteiger partial charge is 0.450 e. The van der Waals surface area contributed by atoms with Crippen molar-refractivity contribution in [2.75, 3.05) is 37.7 Å². The minimum Gasteiger partial charge on any atom is -0.450 e. The van der Waals surface area contributed by atoms with Gasteiger partial charge < -0.3 is 14.5 Å². The maximum absolute atomic E-state index is 12.0. The van der Waals surface area contributed by atoms with E-state index in [-0.39, 0.29) is 6.09 Å². The van der Waals surface area contributed by atoms with Gasteiger partial charge in [0.1, 0.15) is 11.6 Å². The number of hydrogen-bond donors (Lipinski definition) is 0. The van der Waals surface area contributed by atoms with Gasteiger partial charge in [0, 0.05) is 38.0 Å². The van der Waals surface area contributed by atoms with Crippen LogP contribution >= 0.6 is 0 Å². The molecule has 1 aliphatic heterocycles. The number of aromatic nitrogens is 2. The second-order valence-corrected chi connectivity index (χ2v) is 7.58. The van der Waals surface area contributed by atoms with Gasteiger partial charge in [-0.3, -0.25) is 0 Å². The Kier molecular flexibility index (Phi) is 6.12. The second-order valence-electron chi connectivity index (χ2n) is 7.58. The van der Waals surface area contributed by atoms with Gasteiger partial charge in [0.2, 0.25) is 0 Å². The zero-order valence-electron chi connectivity index (χ0n) is 17.7. The van der Waals surface area contributed by atoms with Crippen molar-refractivity contribution in [3.05, 3.63) is 65.5 Å². The molecule has 6 nitrogen and oxygen atoms in total. The summed E-state index contributed by atoms with van der Waals surface area (Å²) in [6.07, 6.45) is 1.48. The topological polar surface area (TPSA) is 58.6 Å². The van der Waals surface area contributed by atoms with Crippen molar-refractivity contribution in [2.45, 2.75) is 26.7 Å². The van der Waals surface area contributed by atoms with E-state index in [4.69, 9.17) is 14.7 Å². The van der Waals surface area contributed by atoms with E-state index >= 15 is 0 Å². The monoisotopic (exact) mass is 404 g/mol. The number of anilines is 1. The van der Waals surface area contributed by atoms with Crippen LogP contribution in [-0.2, 0) is 17.6 Å². The first-order valence-corrected chi connectivity index (χ1v) is 10.6. The average Bonchev–Trinajstić information content (AvgIpc) is 2.78. The number of nitrogens with zero attached hydrogens (tertiary/aromatic N) is 4. The molecule has 2 heterocycles. The van der Waals surface area contributed by atoms with Crippen molar-refractivity contribution in [3.63, 3.8) is 0 Å². The molecule has 6 heteroatoms. The first-order valence-electron chi connectivity index (χ1n) is 10.6. The van der Waals surface area contributed by atoms with E-state index < -0.39 is 0 Å². The maximum atomic E-state index is 12.0. The van der Waals surface area contributed by atoms with E-state index in [9.17, 15) is 4.79 Å². The molecule has 1 aromatic heterocycles. The summed E-state index contributed by atoms with van der Waals surface area (Å²) >= 11 is 0. The van der Waals surface area contributed by atoms with Crippen molar-refractivity contribution < 1.29 is 9.53 Å². The Morgan fingerprint density at radius 2 is 1.70 bits per heavy atom. The molecule has 1 aliphatic rings.